The molecule has 3 rings (SSSR count). The molecule has 2 aromatic rings. The first kappa shape index (κ1) is 16.1. The van der Waals surface area contributed by atoms with E-state index in [0.29, 0.717) is 5.56 Å². The summed E-state index contributed by atoms with van der Waals surface area (Å²) in [5.74, 6) is -0.894. The second-order valence-electron chi connectivity index (χ2n) is 5.46. The molecule has 120 valence electrons. The number of hydrogen-bond acceptors (Lipinski definition) is 4. The average molecular weight is 329 g/mol. The smallest absolute Gasteiger partial charge is 0.335 e. The Morgan fingerprint density at radius 2 is 1.57 bits per heavy atom. The molecule has 23 heavy (non-hydrogen) atoms. The minimum Gasteiger partial charge on any atom is -0.478 e. The fourth-order valence-corrected chi connectivity index (χ4v) is 3.30. The maximum Gasteiger partial charge on any atom is 0.335 e. The number of carbonyl (C=O) groups is 1. The Labute approximate surface area is 140 Å². The summed E-state index contributed by atoms with van der Waals surface area (Å²) in [5.41, 5.74) is 1.62. The molecule has 1 fully saturated rings. The number of benzene rings is 2. The summed E-state index contributed by atoms with van der Waals surface area (Å²) in [5, 5.41) is 8.91. The SMILES string of the molecule is O=C(O)c1ccc(Sc2ccc(CN3CCOCC3)cc2)cc1. The lowest BCUT2D eigenvalue weighted by Gasteiger charge is -2.26. The van der Waals surface area contributed by atoms with Gasteiger partial charge in [-0.15, -0.1) is 0 Å². The van der Waals surface area contributed by atoms with E-state index < -0.39 is 5.97 Å². The summed E-state index contributed by atoms with van der Waals surface area (Å²) in [7, 11) is 0. The molecule has 0 unspecified atom stereocenters. The molecule has 1 saturated heterocycles. The molecule has 0 atom stereocenters. The molecule has 0 saturated carbocycles. The van der Waals surface area contributed by atoms with Gasteiger partial charge in [-0.25, -0.2) is 4.79 Å². The fraction of sp³-hybridized carbons (Fsp3) is 0.278. The highest BCUT2D eigenvalue weighted by Crippen LogP contribution is 2.28. The highest BCUT2D eigenvalue weighted by Gasteiger charge is 2.10. The predicted octanol–water partition coefficient (Wildman–Crippen LogP) is 3.37. The first-order valence-electron chi connectivity index (χ1n) is 7.61. The number of nitrogens with zero attached hydrogens (tertiary/aromatic N) is 1. The normalized spacial score (nSPS) is 15.5. The summed E-state index contributed by atoms with van der Waals surface area (Å²) >= 11 is 1.64. The van der Waals surface area contributed by atoms with Crippen LogP contribution in [0.5, 0.6) is 0 Å². The molecule has 1 N–H and O–H groups in total. The molecular weight excluding hydrogens is 310 g/mol. The largest absolute Gasteiger partial charge is 0.478 e. The summed E-state index contributed by atoms with van der Waals surface area (Å²) in [6.07, 6.45) is 0. The van der Waals surface area contributed by atoms with Crippen molar-refractivity contribution in [1.82, 2.24) is 4.90 Å². The lowest BCUT2D eigenvalue weighted by Crippen LogP contribution is -2.35. The monoisotopic (exact) mass is 329 g/mol. The molecule has 1 aliphatic rings. The van der Waals surface area contributed by atoms with Gasteiger partial charge in [0.25, 0.3) is 0 Å². The van der Waals surface area contributed by atoms with Crippen LogP contribution in [0.2, 0.25) is 0 Å². The Bertz CT molecular complexity index is 649. The molecule has 1 heterocycles. The minimum absolute atomic E-state index is 0.315. The van der Waals surface area contributed by atoms with Crippen LogP contribution < -0.4 is 0 Å². The molecule has 0 aromatic heterocycles. The van der Waals surface area contributed by atoms with Gasteiger partial charge in [0.15, 0.2) is 0 Å². The highest BCUT2D eigenvalue weighted by atomic mass is 32.2. The van der Waals surface area contributed by atoms with Crippen molar-refractivity contribution in [3.63, 3.8) is 0 Å². The zero-order valence-electron chi connectivity index (χ0n) is 12.8. The van der Waals surface area contributed by atoms with E-state index in [4.69, 9.17) is 9.84 Å². The van der Waals surface area contributed by atoms with Crippen LogP contribution in [0.15, 0.2) is 58.3 Å². The van der Waals surface area contributed by atoms with Crippen LogP contribution in [-0.2, 0) is 11.3 Å². The maximum absolute atomic E-state index is 10.9. The molecular formula is C18H19NO3S. The van der Waals surface area contributed by atoms with E-state index in [-0.39, 0.29) is 0 Å². The van der Waals surface area contributed by atoms with Crippen molar-refractivity contribution >= 4 is 17.7 Å². The van der Waals surface area contributed by atoms with Crippen LogP contribution in [0.3, 0.4) is 0 Å². The zero-order valence-corrected chi connectivity index (χ0v) is 13.6. The van der Waals surface area contributed by atoms with E-state index in [9.17, 15) is 4.79 Å². The van der Waals surface area contributed by atoms with Gasteiger partial charge >= 0.3 is 5.97 Å². The summed E-state index contributed by atoms with van der Waals surface area (Å²) < 4.78 is 5.36. The molecule has 2 aromatic carbocycles. The molecule has 0 amide bonds. The molecule has 0 aliphatic carbocycles. The van der Waals surface area contributed by atoms with Crippen molar-refractivity contribution in [2.24, 2.45) is 0 Å². The molecule has 5 heteroatoms. The van der Waals surface area contributed by atoms with Crippen molar-refractivity contribution < 1.29 is 14.6 Å². The van der Waals surface area contributed by atoms with E-state index >= 15 is 0 Å². The van der Waals surface area contributed by atoms with Gasteiger partial charge in [-0.2, -0.15) is 0 Å². The Morgan fingerprint density at radius 1 is 1.00 bits per heavy atom. The van der Waals surface area contributed by atoms with Gasteiger partial charge in [0.2, 0.25) is 0 Å². The van der Waals surface area contributed by atoms with Crippen molar-refractivity contribution in [2.75, 3.05) is 26.3 Å². The standard InChI is InChI=1S/C18H19NO3S/c20-18(21)15-3-7-17(8-4-15)23-16-5-1-14(2-6-16)13-19-9-11-22-12-10-19/h1-8H,9-13H2,(H,20,21). The van der Waals surface area contributed by atoms with Crippen molar-refractivity contribution in [3.8, 4) is 0 Å². The van der Waals surface area contributed by atoms with Gasteiger partial charge in [-0.3, -0.25) is 4.90 Å². The highest BCUT2D eigenvalue weighted by molar-refractivity contribution is 7.99. The van der Waals surface area contributed by atoms with E-state index in [1.807, 2.05) is 12.1 Å². The topological polar surface area (TPSA) is 49.8 Å². The van der Waals surface area contributed by atoms with Crippen molar-refractivity contribution in [1.29, 1.82) is 0 Å². The number of rotatable bonds is 5. The van der Waals surface area contributed by atoms with E-state index in [2.05, 4.69) is 29.2 Å². The van der Waals surface area contributed by atoms with Crippen LogP contribution >= 0.6 is 11.8 Å². The Morgan fingerprint density at radius 3 is 2.13 bits per heavy atom. The Kier molecular flexibility index (Phi) is 5.33. The third-order valence-electron chi connectivity index (χ3n) is 3.77. The molecule has 4 nitrogen and oxygen atoms in total. The lowest BCUT2D eigenvalue weighted by atomic mass is 10.2. The first-order valence-corrected chi connectivity index (χ1v) is 8.42. The third kappa shape index (κ3) is 4.58. The Balaban J connectivity index is 1.59. The molecule has 0 radical (unpaired) electrons. The van der Waals surface area contributed by atoms with Crippen LogP contribution in [0.25, 0.3) is 0 Å². The summed E-state index contributed by atoms with van der Waals surface area (Å²) in [6, 6.07) is 15.5. The summed E-state index contributed by atoms with van der Waals surface area (Å²) in [4.78, 5) is 15.4. The van der Waals surface area contributed by atoms with Crippen LogP contribution in [0.1, 0.15) is 15.9 Å². The average Bonchev–Trinajstić information content (AvgIpc) is 2.58. The van der Waals surface area contributed by atoms with Gasteiger partial charge in [-0.1, -0.05) is 23.9 Å². The van der Waals surface area contributed by atoms with Gasteiger partial charge in [0.1, 0.15) is 0 Å². The van der Waals surface area contributed by atoms with Crippen molar-refractivity contribution in [3.05, 3.63) is 59.7 Å². The number of carboxylic acids is 1. The fourth-order valence-electron chi connectivity index (χ4n) is 2.48. The summed E-state index contributed by atoms with van der Waals surface area (Å²) in [6.45, 7) is 4.58. The van der Waals surface area contributed by atoms with Crippen LogP contribution in [0, 0.1) is 0 Å². The number of carboxylic acid groups (broad SMARTS) is 1. The third-order valence-corrected chi connectivity index (χ3v) is 4.79. The van der Waals surface area contributed by atoms with E-state index in [1.54, 1.807) is 23.9 Å². The van der Waals surface area contributed by atoms with E-state index in [0.717, 1.165) is 42.6 Å². The zero-order chi connectivity index (χ0) is 16.1. The van der Waals surface area contributed by atoms with Crippen LogP contribution in [-0.4, -0.2) is 42.3 Å². The van der Waals surface area contributed by atoms with Gasteiger partial charge < -0.3 is 9.84 Å². The number of ether oxygens (including phenoxy) is 1. The Hall–Kier alpha value is -1.82. The van der Waals surface area contributed by atoms with Gasteiger partial charge in [0.05, 0.1) is 18.8 Å². The van der Waals surface area contributed by atoms with Crippen molar-refractivity contribution in [2.45, 2.75) is 16.3 Å². The molecule has 1 aliphatic heterocycles. The van der Waals surface area contributed by atoms with Gasteiger partial charge in [-0.05, 0) is 42.0 Å². The molecule has 0 spiro atoms. The van der Waals surface area contributed by atoms with E-state index in [1.165, 1.54) is 5.56 Å². The quantitative estimate of drug-likeness (QED) is 0.911. The van der Waals surface area contributed by atoms with Crippen LogP contribution in [0.4, 0.5) is 0 Å². The number of morpholine rings is 1. The second kappa shape index (κ2) is 7.64. The predicted molar refractivity (Wildman–Crippen MR) is 90.1 cm³/mol. The minimum atomic E-state index is -0.894. The maximum atomic E-state index is 10.9. The number of aromatic carboxylic acids is 1. The molecule has 0 bridgehead atoms. The van der Waals surface area contributed by atoms with Gasteiger partial charge in [0, 0.05) is 29.4 Å². The second-order valence-corrected chi connectivity index (χ2v) is 6.61. The first-order chi connectivity index (χ1) is 11.2. The lowest BCUT2D eigenvalue weighted by molar-refractivity contribution is 0.0342. The number of hydrogen-bond donors (Lipinski definition) is 1.